The molecule has 0 radical (unpaired) electrons. The number of amides is 1. The first kappa shape index (κ1) is 15.4. The van der Waals surface area contributed by atoms with E-state index in [1.54, 1.807) is 34.9 Å². The Kier molecular flexibility index (Phi) is 4.47. The Labute approximate surface area is 138 Å². The number of nitrogens with one attached hydrogen (secondary N) is 1. The van der Waals surface area contributed by atoms with E-state index >= 15 is 0 Å². The van der Waals surface area contributed by atoms with Crippen molar-refractivity contribution >= 4 is 17.7 Å². The Morgan fingerprint density at radius 3 is 2.91 bits per heavy atom. The lowest BCUT2D eigenvalue weighted by Gasteiger charge is -2.08. The van der Waals surface area contributed by atoms with Gasteiger partial charge in [-0.05, 0) is 30.5 Å². The van der Waals surface area contributed by atoms with Crippen molar-refractivity contribution in [3.05, 3.63) is 60.2 Å². The van der Waals surface area contributed by atoms with Crippen LogP contribution in [0.1, 0.15) is 16.1 Å². The molecule has 1 N–H and O–H groups in total. The number of nitrogens with zero attached hydrogens (tertiary/aromatic N) is 4. The molecule has 0 aliphatic heterocycles. The number of imidazole rings is 1. The zero-order valence-corrected chi connectivity index (χ0v) is 13.7. The Bertz CT molecular complexity index is 810. The summed E-state index contributed by atoms with van der Waals surface area (Å²) in [5, 5.41) is 8.03. The minimum absolute atomic E-state index is 0.120. The van der Waals surface area contributed by atoms with Crippen molar-refractivity contribution in [3.63, 3.8) is 0 Å². The molecule has 3 rings (SSSR count). The molecule has 0 unspecified atom stereocenters. The maximum Gasteiger partial charge on any atom is 0.251 e. The molecule has 2 heterocycles. The van der Waals surface area contributed by atoms with Crippen LogP contribution in [0.2, 0.25) is 0 Å². The van der Waals surface area contributed by atoms with Crippen molar-refractivity contribution in [3.8, 4) is 5.69 Å². The van der Waals surface area contributed by atoms with Gasteiger partial charge in [0.25, 0.3) is 5.91 Å². The van der Waals surface area contributed by atoms with E-state index in [4.69, 9.17) is 0 Å². The first-order valence-corrected chi connectivity index (χ1v) is 8.34. The average molecular weight is 327 g/mol. The summed E-state index contributed by atoms with van der Waals surface area (Å²) in [6, 6.07) is 9.22. The smallest absolute Gasteiger partial charge is 0.251 e. The van der Waals surface area contributed by atoms with Crippen LogP contribution in [0, 0.1) is 0 Å². The van der Waals surface area contributed by atoms with Crippen LogP contribution in [0.15, 0.2) is 54.1 Å². The largest absolute Gasteiger partial charge is 0.346 e. The summed E-state index contributed by atoms with van der Waals surface area (Å²) in [7, 11) is 1.94. The highest BCUT2D eigenvalue weighted by Crippen LogP contribution is 2.14. The maximum atomic E-state index is 12.4. The summed E-state index contributed by atoms with van der Waals surface area (Å²) < 4.78 is 3.70. The molecule has 0 saturated heterocycles. The standard InChI is InChI=1S/C16H17N5OS/c1-20-14(11-18-16(20)23-2)10-17-15(22)12-5-3-6-13(9-12)21-8-4-7-19-21/h3-9,11H,10H2,1-2H3,(H,17,22). The zero-order valence-electron chi connectivity index (χ0n) is 12.9. The number of carbonyl (C=O) groups is 1. The topological polar surface area (TPSA) is 64.7 Å². The van der Waals surface area contributed by atoms with E-state index < -0.39 is 0 Å². The highest BCUT2D eigenvalue weighted by atomic mass is 32.2. The van der Waals surface area contributed by atoms with E-state index in [9.17, 15) is 4.79 Å². The monoisotopic (exact) mass is 327 g/mol. The van der Waals surface area contributed by atoms with Crippen LogP contribution < -0.4 is 5.32 Å². The summed E-state index contributed by atoms with van der Waals surface area (Å²) in [5.74, 6) is -0.120. The van der Waals surface area contributed by atoms with Gasteiger partial charge in [0.05, 0.1) is 24.1 Å². The van der Waals surface area contributed by atoms with Gasteiger partial charge in [0, 0.05) is 25.0 Å². The van der Waals surface area contributed by atoms with Crippen LogP contribution in [-0.2, 0) is 13.6 Å². The molecule has 0 fully saturated rings. The number of hydrogen-bond donors (Lipinski definition) is 1. The van der Waals surface area contributed by atoms with Gasteiger partial charge in [0.1, 0.15) is 0 Å². The van der Waals surface area contributed by atoms with E-state index in [1.165, 1.54) is 0 Å². The number of hydrogen-bond acceptors (Lipinski definition) is 4. The number of rotatable bonds is 5. The van der Waals surface area contributed by atoms with Crippen molar-refractivity contribution in [2.45, 2.75) is 11.7 Å². The third-order valence-corrected chi connectivity index (χ3v) is 4.28. The summed E-state index contributed by atoms with van der Waals surface area (Å²) in [4.78, 5) is 16.6. The number of thioether (sulfide) groups is 1. The van der Waals surface area contributed by atoms with Gasteiger partial charge in [-0.15, -0.1) is 0 Å². The molecular formula is C16H17N5OS. The van der Waals surface area contributed by atoms with E-state index in [-0.39, 0.29) is 5.91 Å². The highest BCUT2D eigenvalue weighted by molar-refractivity contribution is 7.98. The number of benzene rings is 1. The molecule has 0 bridgehead atoms. The number of aromatic nitrogens is 4. The van der Waals surface area contributed by atoms with Gasteiger partial charge >= 0.3 is 0 Å². The van der Waals surface area contributed by atoms with Gasteiger partial charge in [-0.2, -0.15) is 5.10 Å². The molecule has 0 aliphatic rings. The molecule has 1 amide bonds. The molecule has 23 heavy (non-hydrogen) atoms. The summed E-state index contributed by atoms with van der Waals surface area (Å²) in [6.45, 7) is 0.439. The predicted octanol–water partition coefficient (Wildman–Crippen LogP) is 2.26. The van der Waals surface area contributed by atoms with Crippen molar-refractivity contribution in [1.29, 1.82) is 0 Å². The fourth-order valence-electron chi connectivity index (χ4n) is 2.26. The molecule has 0 saturated carbocycles. The van der Waals surface area contributed by atoms with Gasteiger partial charge in [-0.3, -0.25) is 4.79 Å². The van der Waals surface area contributed by atoms with Gasteiger partial charge in [-0.25, -0.2) is 9.67 Å². The minimum atomic E-state index is -0.120. The van der Waals surface area contributed by atoms with Gasteiger partial charge in [0.15, 0.2) is 5.16 Å². The Hall–Kier alpha value is -2.54. The van der Waals surface area contributed by atoms with Gasteiger partial charge in [0.2, 0.25) is 0 Å². The molecule has 3 aromatic rings. The second kappa shape index (κ2) is 6.70. The van der Waals surface area contributed by atoms with Crippen LogP contribution in [0.5, 0.6) is 0 Å². The molecule has 0 atom stereocenters. The lowest BCUT2D eigenvalue weighted by Crippen LogP contribution is -2.24. The molecule has 1 aromatic carbocycles. The normalized spacial score (nSPS) is 10.7. The first-order valence-electron chi connectivity index (χ1n) is 7.12. The van der Waals surface area contributed by atoms with E-state index in [0.717, 1.165) is 16.5 Å². The zero-order chi connectivity index (χ0) is 16.2. The van der Waals surface area contributed by atoms with Crippen LogP contribution in [0.25, 0.3) is 5.69 Å². The second-order valence-electron chi connectivity index (χ2n) is 4.98. The summed E-state index contributed by atoms with van der Waals surface area (Å²) in [6.07, 6.45) is 7.31. The summed E-state index contributed by atoms with van der Waals surface area (Å²) in [5.41, 5.74) is 2.42. The lowest BCUT2D eigenvalue weighted by atomic mass is 10.2. The highest BCUT2D eigenvalue weighted by Gasteiger charge is 2.10. The van der Waals surface area contributed by atoms with Crippen LogP contribution in [0.4, 0.5) is 0 Å². The lowest BCUT2D eigenvalue weighted by molar-refractivity contribution is 0.0950. The van der Waals surface area contributed by atoms with Crippen LogP contribution in [-0.4, -0.2) is 31.5 Å². The average Bonchev–Trinajstić information content (AvgIpc) is 3.23. The molecule has 118 valence electrons. The number of carbonyl (C=O) groups excluding carboxylic acids is 1. The molecule has 6 nitrogen and oxygen atoms in total. The fraction of sp³-hybridized carbons (Fsp3) is 0.188. The third kappa shape index (κ3) is 3.29. The summed E-state index contributed by atoms with van der Waals surface area (Å²) >= 11 is 1.58. The molecule has 2 aromatic heterocycles. The second-order valence-corrected chi connectivity index (χ2v) is 5.75. The van der Waals surface area contributed by atoms with E-state index in [2.05, 4.69) is 15.4 Å². The Balaban J connectivity index is 1.71. The quantitative estimate of drug-likeness (QED) is 0.730. The van der Waals surface area contributed by atoms with Crippen molar-refractivity contribution < 1.29 is 4.79 Å². The Morgan fingerprint density at radius 1 is 1.35 bits per heavy atom. The molecular weight excluding hydrogens is 310 g/mol. The van der Waals surface area contributed by atoms with Crippen molar-refractivity contribution in [2.24, 2.45) is 7.05 Å². The predicted molar refractivity (Wildman–Crippen MR) is 89.7 cm³/mol. The van der Waals surface area contributed by atoms with Crippen molar-refractivity contribution in [2.75, 3.05) is 6.26 Å². The van der Waals surface area contributed by atoms with E-state index in [0.29, 0.717) is 12.1 Å². The van der Waals surface area contributed by atoms with E-state index in [1.807, 2.05) is 48.3 Å². The minimum Gasteiger partial charge on any atom is -0.346 e. The molecule has 0 aliphatic carbocycles. The first-order chi connectivity index (χ1) is 11.2. The Morgan fingerprint density at radius 2 is 2.22 bits per heavy atom. The molecule has 7 heteroatoms. The third-order valence-electron chi connectivity index (χ3n) is 3.53. The van der Waals surface area contributed by atoms with Crippen molar-refractivity contribution in [1.82, 2.24) is 24.6 Å². The van der Waals surface area contributed by atoms with Gasteiger partial charge < -0.3 is 9.88 Å². The fourth-order valence-corrected chi connectivity index (χ4v) is 2.81. The maximum absolute atomic E-state index is 12.4. The molecule has 0 spiro atoms. The van der Waals surface area contributed by atoms with Gasteiger partial charge in [-0.1, -0.05) is 17.8 Å². The SMILES string of the molecule is CSc1ncc(CNC(=O)c2cccc(-n3cccn3)c2)n1C. The van der Waals surface area contributed by atoms with Crippen LogP contribution >= 0.6 is 11.8 Å². The van der Waals surface area contributed by atoms with Crippen LogP contribution in [0.3, 0.4) is 0 Å².